The summed E-state index contributed by atoms with van der Waals surface area (Å²) in [6.07, 6.45) is 0. The smallest absolute Gasteiger partial charge is 0.454 e. The summed E-state index contributed by atoms with van der Waals surface area (Å²) in [5.74, 6) is 0.669. The van der Waals surface area contributed by atoms with Gasteiger partial charge in [0.1, 0.15) is 11.5 Å². The molecule has 2 aromatic rings. The molecule has 0 amide bonds. The average Bonchev–Trinajstić information content (AvgIpc) is 2.33. The molecule has 8 heteroatoms. The van der Waals surface area contributed by atoms with E-state index in [1.807, 2.05) is 0 Å². The summed E-state index contributed by atoms with van der Waals surface area (Å²) in [6, 6.07) is 10.9. The predicted octanol–water partition coefficient (Wildman–Crippen LogP) is 3.19. The summed E-state index contributed by atoms with van der Waals surface area (Å²) in [6.45, 7) is 0. The van der Waals surface area contributed by atoms with E-state index in [0.717, 1.165) is 0 Å². The molecular weight excluding hydrogens is 305 g/mol. The van der Waals surface area contributed by atoms with E-state index >= 15 is 0 Å². The third-order valence-electron chi connectivity index (χ3n) is 2.26. The number of phosphoric ester groups is 1. The molecule has 0 aliphatic heterocycles. The van der Waals surface area contributed by atoms with Gasteiger partial charge in [-0.05, 0) is 24.3 Å². The van der Waals surface area contributed by atoms with Gasteiger partial charge in [-0.1, -0.05) is 23.7 Å². The molecule has 0 saturated carbocycles. The van der Waals surface area contributed by atoms with Gasteiger partial charge < -0.3 is 15.0 Å². The first kappa shape index (κ1) is 14.7. The van der Waals surface area contributed by atoms with Gasteiger partial charge in [-0.15, -0.1) is 0 Å². The van der Waals surface area contributed by atoms with Crippen LogP contribution in [0.5, 0.6) is 17.2 Å². The normalized spacial score (nSPS) is 11.2. The van der Waals surface area contributed by atoms with Crippen LogP contribution in [-0.4, -0.2) is 9.79 Å². The van der Waals surface area contributed by atoms with Crippen LogP contribution in [0.4, 0.5) is 5.69 Å². The third kappa shape index (κ3) is 3.88. The predicted molar refractivity (Wildman–Crippen MR) is 75.1 cm³/mol. The van der Waals surface area contributed by atoms with Gasteiger partial charge in [0, 0.05) is 6.07 Å². The van der Waals surface area contributed by atoms with E-state index in [9.17, 15) is 4.57 Å². The van der Waals surface area contributed by atoms with E-state index in [1.54, 1.807) is 24.3 Å². The monoisotopic (exact) mass is 315 g/mol. The SMILES string of the molecule is Nc1cc(OP(=O)(O)O)ccc1Oc1ccccc1Cl. The highest BCUT2D eigenvalue weighted by Crippen LogP contribution is 2.40. The van der Waals surface area contributed by atoms with Crippen molar-refractivity contribution in [3.05, 3.63) is 47.5 Å². The molecule has 0 saturated heterocycles. The molecule has 0 bridgehead atoms. The summed E-state index contributed by atoms with van der Waals surface area (Å²) in [5, 5.41) is 0.419. The first-order chi connectivity index (χ1) is 9.35. The lowest BCUT2D eigenvalue weighted by Crippen LogP contribution is -1.95. The molecule has 0 unspecified atom stereocenters. The largest absolute Gasteiger partial charge is 0.524 e. The molecular formula is C12H11ClNO5P. The minimum absolute atomic E-state index is 0.0534. The van der Waals surface area contributed by atoms with Gasteiger partial charge in [-0.3, -0.25) is 9.79 Å². The number of hydrogen-bond acceptors (Lipinski definition) is 4. The number of para-hydroxylation sites is 1. The van der Waals surface area contributed by atoms with Gasteiger partial charge in [0.15, 0.2) is 5.75 Å². The standard InChI is InChI=1S/C12H11ClNO5P/c13-9-3-1-2-4-11(9)18-12-6-5-8(7-10(12)14)19-20(15,16)17/h1-7H,14H2,(H2,15,16,17). The zero-order valence-corrected chi connectivity index (χ0v) is 11.7. The fourth-order valence-corrected chi connectivity index (χ4v) is 2.02. The van der Waals surface area contributed by atoms with Crippen molar-refractivity contribution in [2.45, 2.75) is 0 Å². The number of nitrogens with two attached hydrogens (primary N) is 1. The topological polar surface area (TPSA) is 102 Å². The van der Waals surface area contributed by atoms with Crippen molar-refractivity contribution < 1.29 is 23.6 Å². The van der Waals surface area contributed by atoms with E-state index in [1.165, 1.54) is 18.2 Å². The molecule has 0 heterocycles. The number of anilines is 1. The maximum Gasteiger partial charge on any atom is 0.524 e. The average molecular weight is 316 g/mol. The van der Waals surface area contributed by atoms with Crippen molar-refractivity contribution in [3.8, 4) is 17.2 Å². The Morgan fingerprint density at radius 2 is 1.80 bits per heavy atom. The Kier molecular flexibility index (Phi) is 4.20. The van der Waals surface area contributed by atoms with Gasteiger partial charge >= 0.3 is 7.82 Å². The highest BCUT2D eigenvalue weighted by Gasteiger charge is 2.16. The Balaban J connectivity index is 2.22. The summed E-state index contributed by atoms with van der Waals surface area (Å²) < 4.78 is 20.7. The Bertz CT molecular complexity index is 673. The summed E-state index contributed by atoms with van der Waals surface area (Å²) in [4.78, 5) is 17.4. The van der Waals surface area contributed by atoms with Crippen LogP contribution in [0, 0.1) is 0 Å². The maximum absolute atomic E-state index is 10.7. The second kappa shape index (κ2) is 5.73. The molecule has 2 rings (SSSR count). The van der Waals surface area contributed by atoms with Gasteiger partial charge in [0.2, 0.25) is 0 Å². The van der Waals surface area contributed by atoms with E-state index in [2.05, 4.69) is 4.52 Å². The summed E-state index contributed by atoms with van der Waals surface area (Å²) >= 11 is 5.95. The molecule has 6 nitrogen and oxygen atoms in total. The molecule has 0 aliphatic carbocycles. The van der Waals surface area contributed by atoms with E-state index in [-0.39, 0.29) is 11.4 Å². The molecule has 0 radical (unpaired) electrons. The molecule has 0 aromatic heterocycles. The van der Waals surface area contributed by atoms with Gasteiger partial charge in [-0.2, -0.15) is 0 Å². The van der Waals surface area contributed by atoms with Crippen molar-refractivity contribution in [2.24, 2.45) is 0 Å². The van der Waals surface area contributed by atoms with Gasteiger partial charge in [-0.25, -0.2) is 4.57 Å². The zero-order valence-electron chi connectivity index (χ0n) is 10.1. The Hall–Kier alpha value is -1.72. The van der Waals surface area contributed by atoms with Crippen molar-refractivity contribution in [3.63, 3.8) is 0 Å². The minimum Gasteiger partial charge on any atom is -0.454 e. The Morgan fingerprint density at radius 1 is 1.10 bits per heavy atom. The quantitative estimate of drug-likeness (QED) is 0.591. The molecule has 0 atom stereocenters. The molecule has 20 heavy (non-hydrogen) atoms. The number of halogens is 1. The fraction of sp³-hybridized carbons (Fsp3) is 0. The first-order valence-corrected chi connectivity index (χ1v) is 7.33. The van der Waals surface area contributed by atoms with E-state index < -0.39 is 7.82 Å². The van der Waals surface area contributed by atoms with Crippen LogP contribution >= 0.6 is 19.4 Å². The van der Waals surface area contributed by atoms with Crippen molar-refractivity contribution in [1.82, 2.24) is 0 Å². The number of hydrogen-bond donors (Lipinski definition) is 3. The highest BCUT2D eigenvalue weighted by molar-refractivity contribution is 7.46. The third-order valence-corrected chi connectivity index (χ3v) is 3.02. The lowest BCUT2D eigenvalue weighted by atomic mass is 10.3. The van der Waals surface area contributed by atoms with Crippen LogP contribution in [0.15, 0.2) is 42.5 Å². The van der Waals surface area contributed by atoms with Crippen molar-refractivity contribution >= 4 is 25.1 Å². The minimum atomic E-state index is -4.61. The van der Waals surface area contributed by atoms with E-state index in [4.69, 9.17) is 31.9 Å². The lowest BCUT2D eigenvalue weighted by molar-refractivity contribution is 0.283. The van der Waals surface area contributed by atoms with Crippen LogP contribution in [0.3, 0.4) is 0 Å². The number of rotatable bonds is 4. The number of benzene rings is 2. The summed E-state index contributed by atoms with van der Waals surface area (Å²) in [5.41, 5.74) is 5.90. The first-order valence-electron chi connectivity index (χ1n) is 5.42. The molecule has 2 aromatic carbocycles. The second-order valence-corrected chi connectivity index (χ2v) is 5.38. The molecule has 106 valence electrons. The fourth-order valence-electron chi connectivity index (χ4n) is 1.46. The van der Waals surface area contributed by atoms with Gasteiger partial charge in [0.05, 0.1) is 10.7 Å². The Morgan fingerprint density at radius 3 is 2.40 bits per heavy atom. The zero-order chi connectivity index (χ0) is 14.8. The van der Waals surface area contributed by atoms with E-state index in [0.29, 0.717) is 16.5 Å². The molecule has 0 fully saturated rings. The second-order valence-electron chi connectivity index (χ2n) is 3.81. The van der Waals surface area contributed by atoms with Gasteiger partial charge in [0.25, 0.3) is 0 Å². The van der Waals surface area contributed by atoms with Crippen LogP contribution in [0.1, 0.15) is 0 Å². The molecule has 0 aliphatic rings. The molecule has 4 N–H and O–H groups in total. The number of ether oxygens (including phenoxy) is 1. The maximum atomic E-state index is 10.7. The number of phosphoric acid groups is 1. The van der Waals surface area contributed by atoms with Crippen LogP contribution in [0.2, 0.25) is 5.02 Å². The Labute approximate surface area is 119 Å². The highest BCUT2D eigenvalue weighted by atomic mass is 35.5. The lowest BCUT2D eigenvalue weighted by Gasteiger charge is -2.12. The summed E-state index contributed by atoms with van der Waals surface area (Å²) in [7, 11) is -4.61. The van der Waals surface area contributed by atoms with Crippen LogP contribution in [-0.2, 0) is 4.57 Å². The van der Waals surface area contributed by atoms with Crippen molar-refractivity contribution in [2.75, 3.05) is 5.73 Å². The molecule has 0 spiro atoms. The van der Waals surface area contributed by atoms with Crippen LogP contribution in [0.25, 0.3) is 0 Å². The van der Waals surface area contributed by atoms with Crippen molar-refractivity contribution in [1.29, 1.82) is 0 Å². The van der Waals surface area contributed by atoms with Crippen LogP contribution < -0.4 is 15.0 Å². The number of nitrogen functional groups attached to an aromatic ring is 1.